The van der Waals surface area contributed by atoms with Crippen LogP contribution in [0.4, 0.5) is 0 Å². The Morgan fingerprint density at radius 2 is 0.771 bits per heavy atom. The molecule has 0 fully saturated rings. The van der Waals surface area contributed by atoms with Crippen LogP contribution < -0.4 is 0 Å². The largest absolute Gasteiger partial charge is 0.218 e. The summed E-state index contributed by atoms with van der Waals surface area (Å²) < 4.78 is 27.7. The van der Waals surface area contributed by atoms with E-state index in [1.807, 2.05) is 0 Å². The van der Waals surface area contributed by atoms with E-state index < -0.39 is 9.84 Å². The van der Waals surface area contributed by atoms with E-state index in [1.54, 1.807) is 48.5 Å². The number of benzene rings is 4. The normalized spacial score (nSPS) is 11.7. The molecular formula is C24H10Cl8O2S. The molecule has 0 aliphatic heterocycles. The highest BCUT2D eigenvalue weighted by Gasteiger charge is 2.31. The van der Waals surface area contributed by atoms with Crippen molar-refractivity contribution in [2.75, 3.05) is 0 Å². The first-order valence-electron chi connectivity index (χ1n) is 9.55. The van der Waals surface area contributed by atoms with Gasteiger partial charge in [0.25, 0.3) is 0 Å². The molecular weight excluding hydrogens is 636 g/mol. The third-order valence-electron chi connectivity index (χ3n) is 5.09. The molecule has 0 aromatic heterocycles. The Labute approximate surface area is 242 Å². The lowest BCUT2D eigenvalue weighted by atomic mass is 10.1. The molecule has 0 bridgehead atoms. The molecule has 11 heteroatoms. The molecule has 0 saturated carbocycles. The van der Waals surface area contributed by atoms with Crippen molar-refractivity contribution in [3.63, 3.8) is 0 Å². The Kier molecular flexibility index (Phi) is 8.15. The van der Waals surface area contributed by atoms with Gasteiger partial charge in [-0.15, -0.1) is 0 Å². The zero-order valence-corrected chi connectivity index (χ0v) is 23.9. The third kappa shape index (κ3) is 5.13. The number of sulfone groups is 1. The monoisotopic (exact) mass is 642 g/mol. The maximum Gasteiger partial charge on any atom is 0.209 e. The second-order valence-electron chi connectivity index (χ2n) is 7.24. The zero-order valence-electron chi connectivity index (χ0n) is 17.0. The second kappa shape index (κ2) is 10.5. The Hall–Kier alpha value is -0.850. The van der Waals surface area contributed by atoms with Crippen LogP contribution >= 0.6 is 92.8 Å². The summed E-state index contributed by atoms with van der Waals surface area (Å²) in [6, 6.07) is 15.4. The SMILES string of the molecule is O=S(=O)(c1cc(Cl)c(Cl)c(-c2ccc(Cl)cc2)c1Cl)c1cc(Cl)c(Cl)c(-c2ccc(Cl)cc2)c1Cl. The van der Waals surface area contributed by atoms with E-state index in [1.165, 1.54) is 12.1 Å². The summed E-state index contributed by atoms with van der Waals surface area (Å²) in [5.41, 5.74) is 1.49. The molecule has 4 rings (SSSR count). The Morgan fingerprint density at radius 1 is 0.457 bits per heavy atom. The fourth-order valence-corrected chi connectivity index (χ4v) is 7.40. The van der Waals surface area contributed by atoms with Gasteiger partial charge in [0.15, 0.2) is 0 Å². The van der Waals surface area contributed by atoms with Crippen molar-refractivity contribution in [2.24, 2.45) is 0 Å². The molecule has 2 nitrogen and oxygen atoms in total. The fraction of sp³-hybridized carbons (Fsp3) is 0. The summed E-state index contributed by atoms with van der Waals surface area (Å²) in [5.74, 6) is 0. The van der Waals surface area contributed by atoms with Crippen LogP contribution in [-0.4, -0.2) is 8.42 Å². The molecule has 0 N–H and O–H groups in total. The molecule has 0 aliphatic carbocycles. The summed E-state index contributed by atoms with van der Waals surface area (Å²) in [4.78, 5) is -0.610. The van der Waals surface area contributed by atoms with Crippen LogP contribution in [0.25, 0.3) is 22.3 Å². The summed E-state index contributed by atoms with van der Waals surface area (Å²) in [7, 11) is -4.36. The zero-order chi connectivity index (χ0) is 25.7. The van der Waals surface area contributed by atoms with Gasteiger partial charge in [0.1, 0.15) is 0 Å². The highest BCUT2D eigenvalue weighted by Crippen LogP contribution is 2.48. The van der Waals surface area contributed by atoms with Gasteiger partial charge >= 0.3 is 0 Å². The first-order chi connectivity index (χ1) is 16.4. The summed E-state index contributed by atoms with van der Waals surface area (Å²) in [6.07, 6.45) is 0. The minimum Gasteiger partial charge on any atom is -0.218 e. The fourth-order valence-electron chi connectivity index (χ4n) is 3.41. The molecule has 4 aromatic rings. The lowest BCUT2D eigenvalue weighted by Gasteiger charge is -2.17. The van der Waals surface area contributed by atoms with E-state index >= 15 is 0 Å². The van der Waals surface area contributed by atoms with E-state index in [0.717, 1.165) is 0 Å². The van der Waals surface area contributed by atoms with E-state index in [9.17, 15) is 8.42 Å². The van der Waals surface area contributed by atoms with E-state index in [-0.39, 0.29) is 51.1 Å². The number of halogens is 8. The first kappa shape index (κ1) is 27.2. The van der Waals surface area contributed by atoms with Crippen molar-refractivity contribution in [1.82, 2.24) is 0 Å². The topological polar surface area (TPSA) is 34.1 Å². The highest BCUT2D eigenvalue weighted by molar-refractivity contribution is 7.91. The molecule has 0 saturated heterocycles. The maximum atomic E-state index is 13.9. The number of hydrogen-bond donors (Lipinski definition) is 0. The van der Waals surface area contributed by atoms with E-state index in [4.69, 9.17) is 92.8 Å². The van der Waals surface area contributed by atoms with Crippen LogP contribution in [0.2, 0.25) is 40.2 Å². The first-order valence-corrected chi connectivity index (χ1v) is 14.1. The van der Waals surface area contributed by atoms with Gasteiger partial charge in [-0.3, -0.25) is 0 Å². The Balaban J connectivity index is 1.99. The minimum atomic E-state index is -4.36. The second-order valence-corrected chi connectivity index (χ2v) is 12.3. The van der Waals surface area contributed by atoms with Crippen LogP contribution in [0.5, 0.6) is 0 Å². The van der Waals surface area contributed by atoms with Gasteiger partial charge < -0.3 is 0 Å². The van der Waals surface area contributed by atoms with Crippen LogP contribution in [0.3, 0.4) is 0 Å². The molecule has 180 valence electrons. The van der Waals surface area contributed by atoms with Crippen molar-refractivity contribution in [2.45, 2.75) is 9.79 Å². The van der Waals surface area contributed by atoms with Gasteiger partial charge in [-0.1, -0.05) is 117 Å². The van der Waals surface area contributed by atoms with Gasteiger partial charge in [-0.25, -0.2) is 8.42 Å². The molecule has 0 atom stereocenters. The van der Waals surface area contributed by atoms with Crippen molar-refractivity contribution < 1.29 is 8.42 Å². The predicted octanol–water partition coefficient (Wildman–Crippen LogP) is 11.1. The Bertz CT molecular complexity index is 1450. The maximum absolute atomic E-state index is 13.9. The average molecular weight is 646 g/mol. The van der Waals surface area contributed by atoms with Crippen molar-refractivity contribution in [3.05, 3.63) is 101 Å². The lowest BCUT2D eigenvalue weighted by molar-refractivity contribution is 0.596. The summed E-state index contributed by atoms with van der Waals surface area (Å²) in [5, 5.41) is 0.803. The highest BCUT2D eigenvalue weighted by atomic mass is 35.5. The van der Waals surface area contributed by atoms with Crippen LogP contribution in [0.15, 0.2) is 70.5 Å². The summed E-state index contributed by atoms with van der Waals surface area (Å²) in [6.45, 7) is 0. The lowest BCUT2D eigenvalue weighted by Crippen LogP contribution is -2.06. The van der Waals surface area contributed by atoms with Crippen LogP contribution in [0.1, 0.15) is 0 Å². The minimum absolute atomic E-state index is 0.0197. The standard InChI is InChI=1S/C24H10Cl8O2S/c25-13-5-1-11(2-6-13)19-21(29)15(27)9-17(23(19)31)35(33,34)18-10-16(28)22(30)20(24(18)32)12-3-7-14(26)8-4-12/h1-10H. The third-order valence-corrected chi connectivity index (χ3v) is 9.98. The van der Waals surface area contributed by atoms with Crippen molar-refractivity contribution >= 4 is 103 Å². The van der Waals surface area contributed by atoms with Crippen molar-refractivity contribution in [1.29, 1.82) is 0 Å². The molecule has 0 spiro atoms. The van der Waals surface area contributed by atoms with Gasteiger partial charge in [0, 0.05) is 21.2 Å². The quantitative estimate of drug-likeness (QED) is 0.207. The Morgan fingerprint density at radius 3 is 1.09 bits per heavy atom. The molecule has 0 aliphatic rings. The molecule has 0 heterocycles. The van der Waals surface area contributed by atoms with Gasteiger partial charge in [0.05, 0.1) is 39.9 Å². The van der Waals surface area contributed by atoms with E-state index in [2.05, 4.69) is 0 Å². The molecule has 0 unspecified atom stereocenters. The molecule has 35 heavy (non-hydrogen) atoms. The van der Waals surface area contributed by atoms with Crippen LogP contribution in [0, 0.1) is 0 Å². The molecule has 0 radical (unpaired) electrons. The molecule has 0 amide bonds. The summed E-state index contributed by atoms with van der Waals surface area (Å²) >= 11 is 50.7. The van der Waals surface area contributed by atoms with Gasteiger partial charge in [-0.2, -0.15) is 0 Å². The number of rotatable bonds is 4. The van der Waals surface area contributed by atoms with E-state index in [0.29, 0.717) is 21.2 Å². The predicted molar refractivity (Wildman–Crippen MR) is 149 cm³/mol. The van der Waals surface area contributed by atoms with Crippen molar-refractivity contribution in [3.8, 4) is 22.3 Å². The molecule has 4 aromatic carbocycles. The smallest absolute Gasteiger partial charge is 0.209 e. The number of hydrogen-bond acceptors (Lipinski definition) is 2. The van der Waals surface area contributed by atoms with Gasteiger partial charge in [0.2, 0.25) is 9.84 Å². The van der Waals surface area contributed by atoms with Gasteiger partial charge in [-0.05, 0) is 47.5 Å². The van der Waals surface area contributed by atoms with Crippen LogP contribution in [-0.2, 0) is 9.84 Å². The average Bonchev–Trinajstić information content (AvgIpc) is 2.81.